The molecule has 1 aliphatic rings. The van der Waals surface area contributed by atoms with Gasteiger partial charge < -0.3 is 4.57 Å². The van der Waals surface area contributed by atoms with E-state index in [2.05, 4.69) is 63.5 Å². The summed E-state index contributed by atoms with van der Waals surface area (Å²) in [5.74, 6) is 1.13. The Morgan fingerprint density at radius 3 is 2.89 bits per heavy atom. The summed E-state index contributed by atoms with van der Waals surface area (Å²) in [6, 6.07) is 6.58. The Morgan fingerprint density at radius 2 is 2.11 bits per heavy atom. The highest BCUT2D eigenvalue weighted by atomic mass is 15.4. The minimum Gasteiger partial charge on any atom is -0.303 e. The lowest BCUT2D eigenvalue weighted by atomic mass is 10.1. The van der Waals surface area contributed by atoms with E-state index in [0.717, 1.165) is 12.2 Å². The summed E-state index contributed by atoms with van der Waals surface area (Å²) in [4.78, 5) is 4.40. The number of nitrogens with zero attached hydrogens (tertiary/aromatic N) is 4. The monoisotopic (exact) mass is 251 g/mol. The molecule has 0 saturated heterocycles. The van der Waals surface area contributed by atoms with Crippen molar-refractivity contribution in [2.75, 3.05) is 0 Å². The van der Waals surface area contributed by atoms with Crippen LogP contribution in [0.5, 0.6) is 0 Å². The molecule has 0 spiro atoms. The molecule has 0 N–H and O–H groups in total. The lowest BCUT2D eigenvalue weighted by molar-refractivity contribution is -0.744. The quantitative estimate of drug-likeness (QED) is 0.473. The molecule has 19 heavy (non-hydrogen) atoms. The number of hydrogen-bond acceptors (Lipinski definition) is 1. The van der Waals surface area contributed by atoms with Crippen LogP contribution in [0.4, 0.5) is 0 Å². The third-order valence-electron chi connectivity index (χ3n) is 3.84. The molecule has 0 aliphatic carbocycles. The van der Waals surface area contributed by atoms with Gasteiger partial charge in [0.2, 0.25) is 0 Å². The summed E-state index contributed by atoms with van der Waals surface area (Å²) in [5.41, 5.74) is 5.12. The van der Waals surface area contributed by atoms with E-state index >= 15 is 0 Å². The first-order valence-corrected chi connectivity index (χ1v) is 6.44. The van der Waals surface area contributed by atoms with Gasteiger partial charge in [-0.25, -0.2) is 4.98 Å². The molecule has 4 heteroatoms. The molecular weight excluding hydrogens is 236 g/mol. The van der Waals surface area contributed by atoms with Gasteiger partial charge in [0.05, 0.1) is 11.9 Å². The van der Waals surface area contributed by atoms with Crippen molar-refractivity contribution in [3.05, 3.63) is 59.9 Å². The molecule has 0 amide bonds. The van der Waals surface area contributed by atoms with E-state index in [1.165, 1.54) is 22.5 Å². The number of imidazole rings is 1. The second-order valence-electron chi connectivity index (χ2n) is 5.07. The average molecular weight is 251 g/mol. The van der Waals surface area contributed by atoms with Crippen LogP contribution in [-0.2, 0) is 13.5 Å². The molecule has 3 heterocycles. The maximum Gasteiger partial charge on any atom is 0.195 e. The van der Waals surface area contributed by atoms with Gasteiger partial charge in [0.25, 0.3) is 0 Å². The van der Waals surface area contributed by atoms with Gasteiger partial charge in [-0.15, -0.1) is 9.36 Å². The van der Waals surface area contributed by atoms with Gasteiger partial charge in [-0.2, -0.15) is 0 Å². The number of rotatable bonds is 1. The van der Waals surface area contributed by atoms with Crippen LogP contribution < -0.4 is 4.68 Å². The van der Waals surface area contributed by atoms with Crippen LogP contribution in [0.2, 0.25) is 0 Å². The Kier molecular flexibility index (Phi) is 1.98. The fourth-order valence-corrected chi connectivity index (χ4v) is 2.88. The maximum absolute atomic E-state index is 4.40. The normalized spacial score (nSPS) is 12.5. The Labute approximate surface area is 111 Å². The summed E-state index contributed by atoms with van der Waals surface area (Å²) < 4.78 is 6.42. The zero-order valence-electron chi connectivity index (χ0n) is 11.0. The van der Waals surface area contributed by atoms with E-state index in [1.807, 2.05) is 12.4 Å². The number of benzene rings is 1. The summed E-state index contributed by atoms with van der Waals surface area (Å²) in [6.45, 7) is 2.16. The van der Waals surface area contributed by atoms with E-state index in [9.17, 15) is 0 Å². The molecule has 2 aromatic heterocycles. The van der Waals surface area contributed by atoms with Crippen LogP contribution in [0.3, 0.4) is 0 Å². The molecule has 1 aliphatic heterocycles. The van der Waals surface area contributed by atoms with Crippen molar-refractivity contribution >= 4 is 0 Å². The third-order valence-corrected chi connectivity index (χ3v) is 3.84. The van der Waals surface area contributed by atoms with Crippen LogP contribution in [0.25, 0.3) is 11.4 Å². The first-order chi connectivity index (χ1) is 9.24. The van der Waals surface area contributed by atoms with Gasteiger partial charge in [-0.3, -0.25) is 0 Å². The summed E-state index contributed by atoms with van der Waals surface area (Å²) in [7, 11) is 2.05. The highest BCUT2D eigenvalue weighted by Crippen LogP contribution is 2.30. The molecule has 1 aromatic carbocycles. The third kappa shape index (κ3) is 1.40. The minimum absolute atomic E-state index is 0.932. The van der Waals surface area contributed by atoms with E-state index < -0.39 is 0 Å². The number of hydrogen-bond donors (Lipinski definition) is 0. The average Bonchev–Trinajstić information content (AvgIpc) is 3.04. The second-order valence-corrected chi connectivity index (χ2v) is 5.07. The van der Waals surface area contributed by atoms with Gasteiger partial charge in [0, 0.05) is 24.9 Å². The molecule has 0 atom stereocenters. The molecule has 94 valence electrons. The molecule has 0 fully saturated rings. The molecule has 0 bridgehead atoms. The maximum atomic E-state index is 4.40. The molecule has 4 nitrogen and oxygen atoms in total. The molecule has 0 radical (unpaired) electrons. The minimum atomic E-state index is 0.932. The first-order valence-electron chi connectivity index (χ1n) is 6.44. The van der Waals surface area contributed by atoms with Crippen LogP contribution in [0, 0.1) is 6.92 Å². The van der Waals surface area contributed by atoms with E-state index in [4.69, 9.17) is 0 Å². The first kappa shape index (κ1) is 10.6. The lowest BCUT2D eigenvalue weighted by Crippen LogP contribution is -2.37. The van der Waals surface area contributed by atoms with Crippen molar-refractivity contribution in [2.45, 2.75) is 13.3 Å². The van der Waals surface area contributed by atoms with Crippen LogP contribution in [0.15, 0.2) is 43.0 Å². The molecule has 0 saturated carbocycles. The van der Waals surface area contributed by atoms with Crippen molar-refractivity contribution in [2.24, 2.45) is 7.05 Å². The van der Waals surface area contributed by atoms with E-state index in [0.29, 0.717) is 0 Å². The van der Waals surface area contributed by atoms with E-state index in [1.54, 1.807) is 0 Å². The molecule has 0 unspecified atom stereocenters. The highest BCUT2D eigenvalue weighted by molar-refractivity contribution is 5.57. The standard InChI is InChI=1S/C15H15N4/c1-11-8-12-9-15-16-4-7-18(15)14(12)10-13(11)19-6-3-5-17(19)2/h3-8,10H,9H2,1-2H3/q+1. The SMILES string of the molecule is Cc1cc2c(cc1-n1ccc[n+]1C)-n1ccnc1C2. The van der Waals surface area contributed by atoms with Crippen molar-refractivity contribution in [1.82, 2.24) is 14.2 Å². The fraction of sp³-hybridized carbons (Fsp3) is 0.200. The summed E-state index contributed by atoms with van der Waals surface area (Å²) in [6.07, 6.45) is 8.97. The summed E-state index contributed by atoms with van der Waals surface area (Å²) in [5, 5.41) is 0. The predicted octanol–water partition coefficient (Wildman–Crippen LogP) is 1.70. The molecule has 3 aromatic rings. The number of aryl methyl sites for hydroxylation is 2. The van der Waals surface area contributed by atoms with Crippen molar-refractivity contribution in [3.63, 3.8) is 0 Å². The Morgan fingerprint density at radius 1 is 1.21 bits per heavy atom. The smallest absolute Gasteiger partial charge is 0.195 e. The highest BCUT2D eigenvalue weighted by Gasteiger charge is 2.21. The van der Waals surface area contributed by atoms with E-state index in [-0.39, 0.29) is 0 Å². The number of aromatic nitrogens is 4. The van der Waals surface area contributed by atoms with Crippen LogP contribution >= 0.6 is 0 Å². The Bertz CT molecular complexity index is 779. The van der Waals surface area contributed by atoms with Crippen LogP contribution in [0.1, 0.15) is 17.0 Å². The predicted molar refractivity (Wildman–Crippen MR) is 71.6 cm³/mol. The van der Waals surface area contributed by atoms with Crippen molar-refractivity contribution < 1.29 is 4.68 Å². The zero-order chi connectivity index (χ0) is 13.0. The summed E-state index contributed by atoms with van der Waals surface area (Å²) >= 11 is 0. The lowest BCUT2D eigenvalue weighted by Gasteiger charge is -2.09. The Hall–Kier alpha value is -2.36. The topological polar surface area (TPSA) is 26.6 Å². The van der Waals surface area contributed by atoms with Gasteiger partial charge in [0.1, 0.15) is 11.5 Å². The Balaban J connectivity index is 1.97. The van der Waals surface area contributed by atoms with Gasteiger partial charge >= 0.3 is 0 Å². The fourth-order valence-electron chi connectivity index (χ4n) is 2.88. The van der Waals surface area contributed by atoms with Crippen molar-refractivity contribution in [1.29, 1.82) is 0 Å². The zero-order valence-corrected chi connectivity index (χ0v) is 11.0. The van der Waals surface area contributed by atoms with Gasteiger partial charge in [-0.05, 0) is 24.1 Å². The number of fused-ring (bicyclic) bond motifs is 3. The second kappa shape index (κ2) is 3.57. The van der Waals surface area contributed by atoms with Gasteiger partial charge in [0.15, 0.2) is 13.2 Å². The van der Waals surface area contributed by atoms with Crippen LogP contribution in [-0.4, -0.2) is 14.2 Å². The van der Waals surface area contributed by atoms with Crippen molar-refractivity contribution in [3.8, 4) is 11.4 Å². The largest absolute Gasteiger partial charge is 0.303 e. The molecule has 4 rings (SSSR count). The van der Waals surface area contributed by atoms with Gasteiger partial charge in [-0.1, -0.05) is 6.07 Å². The molecular formula is C15H15N4+.